The summed E-state index contributed by atoms with van der Waals surface area (Å²) in [4.78, 5) is 13.7. The summed E-state index contributed by atoms with van der Waals surface area (Å²) < 4.78 is 17.0. The number of nitrogens with zero attached hydrogens (tertiary/aromatic N) is 2. The van der Waals surface area contributed by atoms with Crippen molar-refractivity contribution in [3.63, 3.8) is 0 Å². The number of aromatic nitrogens is 1. The highest BCUT2D eigenvalue weighted by atomic mass is 16.5. The topological polar surface area (TPSA) is 64.8 Å². The Bertz CT molecular complexity index is 1240. The molecule has 0 spiro atoms. The van der Waals surface area contributed by atoms with Gasteiger partial charge in [0.15, 0.2) is 5.76 Å². The highest BCUT2D eigenvalue weighted by Crippen LogP contribution is 2.43. The number of hydrogen-bond acceptors (Lipinski definition) is 5. The molecule has 2 heterocycles. The Kier molecular flexibility index (Phi) is 5.98. The van der Waals surface area contributed by atoms with Gasteiger partial charge in [0, 0.05) is 19.0 Å². The maximum atomic E-state index is 11.9. The second kappa shape index (κ2) is 9.36. The van der Waals surface area contributed by atoms with E-state index in [-0.39, 0.29) is 12.0 Å². The van der Waals surface area contributed by atoms with Crippen LogP contribution >= 0.6 is 0 Å². The van der Waals surface area contributed by atoms with Gasteiger partial charge in [-0.15, -0.1) is 0 Å². The summed E-state index contributed by atoms with van der Waals surface area (Å²) in [6, 6.07) is 24.6. The lowest BCUT2D eigenvalue weighted by molar-refractivity contribution is 0.110. The van der Waals surface area contributed by atoms with Crippen LogP contribution in [0.5, 0.6) is 5.88 Å². The van der Waals surface area contributed by atoms with Crippen LogP contribution in [0.4, 0.5) is 4.79 Å². The molecule has 0 unspecified atom stereocenters. The molecule has 0 bridgehead atoms. The van der Waals surface area contributed by atoms with Crippen LogP contribution in [0.2, 0.25) is 0 Å². The molecule has 0 radical (unpaired) electrons. The summed E-state index contributed by atoms with van der Waals surface area (Å²) in [6.07, 6.45) is 1.27. The first-order valence-corrected chi connectivity index (χ1v) is 11.2. The summed E-state index contributed by atoms with van der Waals surface area (Å²) >= 11 is 0. The van der Waals surface area contributed by atoms with Gasteiger partial charge in [0.25, 0.3) is 5.88 Å². The van der Waals surface area contributed by atoms with Crippen molar-refractivity contribution in [1.29, 1.82) is 0 Å². The molecule has 0 aliphatic carbocycles. The van der Waals surface area contributed by atoms with E-state index in [1.54, 1.807) is 4.90 Å². The number of rotatable bonds is 5. The molecule has 6 nitrogen and oxygen atoms in total. The van der Waals surface area contributed by atoms with Crippen LogP contribution < -0.4 is 4.74 Å². The van der Waals surface area contributed by atoms with Crippen LogP contribution in [-0.2, 0) is 11.3 Å². The summed E-state index contributed by atoms with van der Waals surface area (Å²) in [5.41, 5.74) is 3.01. The van der Waals surface area contributed by atoms with Crippen molar-refractivity contribution in [3.8, 4) is 17.0 Å². The first kappa shape index (κ1) is 21.1. The molecule has 33 heavy (non-hydrogen) atoms. The van der Waals surface area contributed by atoms with Crippen LogP contribution in [0.3, 0.4) is 0 Å². The summed E-state index contributed by atoms with van der Waals surface area (Å²) in [7, 11) is 1.42. The molecule has 1 fully saturated rings. The van der Waals surface area contributed by atoms with E-state index in [4.69, 9.17) is 14.0 Å². The van der Waals surface area contributed by atoms with Crippen LogP contribution in [0, 0.1) is 0 Å². The van der Waals surface area contributed by atoms with Crippen LogP contribution in [-0.4, -0.2) is 36.3 Å². The molecule has 1 amide bonds. The van der Waals surface area contributed by atoms with Crippen molar-refractivity contribution in [2.24, 2.45) is 0 Å². The van der Waals surface area contributed by atoms with E-state index in [1.165, 1.54) is 7.11 Å². The molecular weight excluding hydrogens is 416 g/mol. The Labute approximate surface area is 192 Å². The Morgan fingerprint density at radius 2 is 1.73 bits per heavy atom. The average molecular weight is 443 g/mol. The van der Waals surface area contributed by atoms with Gasteiger partial charge in [-0.3, -0.25) is 0 Å². The van der Waals surface area contributed by atoms with E-state index in [0.717, 1.165) is 46.1 Å². The smallest absolute Gasteiger partial charge is 0.409 e. The fourth-order valence-electron chi connectivity index (χ4n) is 4.54. The quantitative estimate of drug-likeness (QED) is 0.378. The van der Waals surface area contributed by atoms with E-state index in [2.05, 4.69) is 35.5 Å². The van der Waals surface area contributed by atoms with Crippen molar-refractivity contribution >= 4 is 16.9 Å². The molecule has 1 aromatic heterocycles. The molecular formula is C27H26N2O4. The predicted molar refractivity (Wildman–Crippen MR) is 126 cm³/mol. The number of ether oxygens (including phenoxy) is 2. The molecule has 168 valence electrons. The van der Waals surface area contributed by atoms with Gasteiger partial charge in [-0.05, 0) is 39.9 Å². The number of carbonyl (C=O) groups excluding carboxylic acids is 1. The Morgan fingerprint density at radius 3 is 2.52 bits per heavy atom. The standard InChI is InChI=1S/C27H26N2O4/c1-31-27(30)29-16-14-21(15-17-29)25-24(23-13-7-11-20-10-5-6-12-22(20)23)26(28-33-25)32-18-19-8-3-2-4-9-19/h2-13,21H,14-18H2,1H3. The minimum Gasteiger partial charge on any atom is -0.470 e. The highest BCUT2D eigenvalue weighted by Gasteiger charge is 2.31. The van der Waals surface area contributed by atoms with Crippen molar-refractivity contribution in [2.75, 3.05) is 20.2 Å². The molecule has 3 aromatic carbocycles. The lowest BCUT2D eigenvalue weighted by Gasteiger charge is -2.30. The first-order valence-electron chi connectivity index (χ1n) is 11.2. The second-order valence-corrected chi connectivity index (χ2v) is 8.26. The lowest BCUT2D eigenvalue weighted by atomic mass is 9.89. The minimum atomic E-state index is -0.285. The van der Waals surface area contributed by atoms with Gasteiger partial charge >= 0.3 is 6.09 Å². The van der Waals surface area contributed by atoms with Crippen molar-refractivity contribution in [1.82, 2.24) is 10.1 Å². The number of likely N-dealkylation sites (tertiary alicyclic amines) is 1. The number of carbonyl (C=O) groups is 1. The largest absolute Gasteiger partial charge is 0.470 e. The zero-order valence-corrected chi connectivity index (χ0v) is 18.6. The van der Waals surface area contributed by atoms with Gasteiger partial charge in [0.05, 0.1) is 12.7 Å². The zero-order chi connectivity index (χ0) is 22.6. The van der Waals surface area contributed by atoms with Crippen LogP contribution in [0.15, 0.2) is 77.3 Å². The van der Waals surface area contributed by atoms with Crippen molar-refractivity contribution in [2.45, 2.75) is 25.4 Å². The molecule has 0 atom stereocenters. The molecule has 0 saturated carbocycles. The van der Waals surface area contributed by atoms with E-state index < -0.39 is 0 Å². The maximum absolute atomic E-state index is 11.9. The third-order valence-corrected chi connectivity index (χ3v) is 6.26. The number of amides is 1. The van der Waals surface area contributed by atoms with Gasteiger partial charge in [-0.1, -0.05) is 72.8 Å². The Balaban J connectivity index is 1.51. The number of benzene rings is 3. The fourth-order valence-corrected chi connectivity index (χ4v) is 4.54. The number of piperidine rings is 1. The third-order valence-electron chi connectivity index (χ3n) is 6.26. The Morgan fingerprint density at radius 1 is 1.00 bits per heavy atom. The average Bonchev–Trinajstić information content (AvgIpc) is 3.31. The Hall–Kier alpha value is -3.80. The molecule has 6 heteroatoms. The SMILES string of the molecule is COC(=O)N1CCC(c2onc(OCc3ccccc3)c2-c2cccc3ccccc23)CC1. The molecule has 1 aliphatic rings. The van der Waals surface area contributed by atoms with Crippen molar-refractivity contribution < 1.29 is 18.8 Å². The normalized spacial score (nSPS) is 14.4. The van der Waals surface area contributed by atoms with Gasteiger partial charge in [-0.25, -0.2) is 4.79 Å². The second-order valence-electron chi connectivity index (χ2n) is 8.26. The summed E-state index contributed by atoms with van der Waals surface area (Å²) in [6.45, 7) is 1.64. The summed E-state index contributed by atoms with van der Waals surface area (Å²) in [5.74, 6) is 1.46. The lowest BCUT2D eigenvalue weighted by Crippen LogP contribution is -2.37. The van der Waals surface area contributed by atoms with Gasteiger partial charge < -0.3 is 18.9 Å². The minimum absolute atomic E-state index is 0.140. The molecule has 5 rings (SSSR count). The number of hydrogen-bond donors (Lipinski definition) is 0. The predicted octanol–water partition coefficient (Wildman–Crippen LogP) is 6.02. The molecule has 1 aliphatic heterocycles. The summed E-state index contributed by atoms with van der Waals surface area (Å²) in [5, 5.41) is 6.63. The monoisotopic (exact) mass is 442 g/mol. The van der Waals surface area contributed by atoms with E-state index in [9.17, 15) is 4.79 Å². The molecule has 1 saturated heterocycles. The van der Waals surface area contributed by atoms with Gasteiger partial charge in [0.1, 0.15) is 6.61 Å². The third kappa shape index (κ3) is 4.29. The van der Waals surface area contributed by atoms with Gasteiger partial charge in [-0.2, -0.15) is 0 Å². The van der Waals surface area contributed by atoms with Crippen LogP contribution in [0.1, 0.15) is 30.1 Å². The highest BCUT2D eigenvalue weighted by molar-refractivity contribution is 5.98. The van der Waals surface area contributed by atoms with Crippen molar-refractivity contribution in [3.05, 3.63) is 84.1 Å². The number of methoxy groups -OCH3 is 1. The molecule has 4 aromatic rings. The zero-order valence-electron chi connectivity index (χ0n) is 18.6. The maximum Gasteiger partial charge on any atom is 0.409 e. The molecule has 0 N–H and O–H groups in total. The first-order chi connectivity index (χ1) is 16.2. The van der Waals surface area contributed by atoms with Crippen LogP contribution in [0.25, 0.3) is 21.9 Å². The fraction of sp³-hybridized carbons (Fsp3) is 0.259. The van der Waals surface area contributed by atoms with E-state index >= 15 is 0 Å². The van der Waals surface area contributed by atoms with E-state index in [0.29, 0.717) is 25.6 Å². The number of fused-ring (bicyclic) bond motifs is 1. The van der Waals surface area contributed by atoms with E-state index in [1.807, 2.05) is 42.5 Å². The van der Waals surface area contributed by atoms with Gasteiger partial charge in [0.2, 0.25) is 0 Å².